The maximum absolute atomic E-state index is 12.2. The van der Waals surface area contributed by atoms with E-state index in [1.807, 2.05) is 67.7 Å². The average molecular weight is 448 g/mol. The van der Waals surface area contributed by atoms with Crippen molar-refractivity contribution in [3.8, 4) is 17.0 Å². The zero-order valence-electron chi connectivity index (χ0n) is 19.2. The number of aromatic nitrogens is 3. The highest BCUT2D eigenvalue weighted by molar-refractivity contribution is 5.89. The molecule has 2 amide bonds. The summed E-state index contributed by atoms with van der Waals surface area (Å²) in [5, 5.41) is 14.3. The van der Waals surface area contributed by atoms with E-state index in [0.717, 1.165) is 41.6 Å². The Labute approximate surface area is 195 Å². The van der Waals surface area contributed by atoms with E-state index < -0.39 is 0 Å². The lowest BCUT2D eigenvalue weighted by Crippen LogP contribution is -2.38. The quantitative estimate of drug-likeness (QED) is 0.454. The average Bonchev–Trinajstić information content (AvgIpc) is 3.29. The van der Waals surface area contributed by atoms with E-state index in [1.54, 1.807) is 4.68 Å². The Morgan fingerprint density at radius 1 is 1.12 bits per heavy atom. The summed E-state index contributed by atoms with van der Waals surface area (Å²) in [6.45, 7) is 3.22. The number of anilines is 1. The Bertz CT molecular complexity index is 1010. The van der Waals surface area contributed by atoms with E-state index in [-0.39, 0.29) is 12.1 Å². The summed E-state index contributed by atoms with van der Waals surface area (Å²) >= 11 is 0. The maximum Gasteiger partial charge on any atom is 0.319 e. The van der Waals surface area contributed by atoms with Crippen molar-refractivity contribution in [1.82, 2.24) is 20.3 Å². The molecule has 1 heterocycles. The monoisotopic (exact) mass is 447 g/mol. The molecule has 0 spiro atoms. The van der Waals surface area contributed by atoms with Crippen LogP contribution in [0.25, 0.3) is 11.3 Å². The molecule has 4 rings (SSSR count). The number of carbonyl (C=O) groups is 1. The van der Waals surface area contributed by atoms with Crippen molar-refractivity contribution >= 4 is 11.7 Å². The third-order valence-corrected chi connectivity index (χ3v) is 6.06. The molecule has 7 heteroatoms. The van der Waals surface area contributed by atoms with E-state index in [2.05, 4.69) is 20.9 Å². The number of hydrogen-bond donors (Lipinski definition) is 2. The van der Waals surface area contributed by atoms with Crippen LogP contribution in [0.1, 0.15) is 45.4 Å². The molecule has 1 aromatic heterocycles. The van der Waals surface area contributed by atoms with Crippen LogP contribution < -0.4 is 15.4 Å². The minimum atomic E-state index is -0.243. The van der Waals surface area contributed by atoms with Gasteiger partial charge in [0.15, 0.2) is 0 Å². The van der Waals surface area contributed by atoms with Gasteiger partial charge in [-0.25, -0.2) is 9.48 Å². The van der Waals surface area contributed by atoms with Gasteiger partial charge in [-0.1, -0.05) is 67.6 Å². The second-order valence-electron chi connectivity index (χ2n) is 8.86. The molecule has 1 aliphatic carbocycles. The summed E-state index contributed by atoms with van der Waals surface area (Å²) < 4.78 is 7.77. The standard InChI is InChI=1S/C26H33N5O2/c1-20(27-26(32)28-23-12-6-3-7-13-23)18-31-19-25(29-30-31)22-11-8-14-24(17-22)33-16-15-21-9-4-2-5-10-21/h3,6-8,11-14,17,19-21H,2,4-5,9-10,15-16,18H2,1H3,(H2,27,28,32)/t20-/m1/s1. The zero-order valence-corrected chi connectivity index (χ0v) is 19.2. The van der Waals surface area contributed by atoms with Crippen molar-refractivity contribution in [3.63, 3.8) is 0 Å². The molecule has 2 aromatic carbocycles. The molecule has 0 unspecified atom stereocenters. The summed E-state index contributed by atoms with van der Waals surface area (Å²) in [5.41, 5.74) is 2.51. The van der Waals surface area contributed by atoms with E-state index in [0.29, 0.717) is 6.54 Å². The highest BCUT2D eigenvalue weighted by Gasteiger charge is 2.14. The van der Waals surface area contributed by atoms with Crippen LogP contribution >= 0.6 is 0 Å². The number of benzene rings is 2. The molecule has 0 radical (unpaired) electrons. The topological polar surface area (TPSA) is 81.1 Å². The summed E-state index contributed by atoms with van der Waals surface area (Å²) in [6.07, 6.45) is 9.82. The largest absolute Gasteiger partial charge is 0.494 e. The van der Waals surface area contributed by atoms with Gasteiger partial charge in [0, 0.05) is 17.3 Å². The van der Waals surface area contributed by atoms with Gasteiger partial charge in [0.2, 0.25) is 0 Å². The van der Waals surface area contributed by atoms with Crippen LogP contribution in [0.2, 0.25) is 0 Å². The van der Waals surface area contributed by atoms with Gasteiger partial charge in [0.25, 0.3) is 0 Å². The predicted octanol–water partition coefficient (Wildman–Crippen LogP) is 5.50. The first-order valence-corrected chi connectivity index (χ1v) is 11.9. The zero-order chi connectivity index (χ0) is 22.9. The number of ether oxygens (including phenoxy) is 1. The molecule has 0 bridgehead atoms. The molecule has 1 atom stereocenters. The van der Waals surface area contributed by atoms with Gasteiger partial charge in [-0.2, -0.15) is 0 Å². The normalized spacial score (nSPS) is 15.1. The Morgan fingerprint density at radius 3 is 2.76 bits per heavy atom. The minimum absolute atomic E-state index is 0.113. The van der Waals surface area contributed by atoms with E-state index in [4.69, 9.17) is 4.74 Å². The second-order valence-corrected chi connectivity index (χ2v) is 8.86. The fraction of sp³-hybridized carbons (Fsp3) is 0.423. The summed E-state index contributed by atoms with van der Waals surface area (Å²) in [7, 11) is 0. The number of urea groups is 1. The smallest absolute Gasteiger partial charge is 0.319 e. The maximum atomic E-state index is 12.2. The van der Waals surface area contributed by atoms with Crippen molar-refractivity contribution in [1.29, 1.82) is 0 Å². The first-order chi connectivity index (χ1) is 16.2. The Balaban J connectivity index is 1.26. The van der Waals surface area contributed by atoms with Crippen LogP contribution in [0, 0.1) is 5.92 Å². The second kappa shape index (κ2) is 11.5. The predicted molar refractivity (Wildman–Crippen MR) is 130 cm³/mol. The lowest BCUT2D eigenvalue weighted by molar-refractivity contribution is 0.246. The van der Waals surface area contributed by atoms with Crippen LogP contribution in [0.15, 0.2) is 60.8 Å². The van der Waals surface area contributed by atoms with Crippen LogP contribution in [-0.4, -0.2) is 33.7 Å². The number of nitrogens with one attached hydrogen (secondary N) is 2. The molecule has 1 fully saturated rings. The first kappa shape index (κ1) is 22.8. The Hall–Kier alpha value is -3.35. The SMILES string of the molecule is C[C@H](Cn1cc(-c2cccc(OCCC3CCCCC3)c2)nn1)NC(=O)Nc1ccccc1. The molecule has 1 aliphatic rings. The van der Waals surface area contributed by atoms with E-state index in [9.17, 15) is 4.79 Å². The molecule has 1 saturated carbocycles. The molecule has 33 heavy (non-hydrogen) atoms. The number of hydrogen-bond acceptors (Lipinski definition) is 4. The van der Waals surface area contributed by atoms with Crippen LogP contribution in [-0.2, 0) is 6.54 Å². The van der Waals surface area contributed by atoms with Gasteiger partial charge in [-0.15, -0.1) is 5.10 Å². The van der Waals surface area contributed by atoms with Crippen molar-refractivity contribution in [3.05, 3.63) is 60.8 Å². The Morgan fingerprint density at radius 2 is 1.94 bits per heavy atom. The molecule has 174 valence electrons. The van der Waals surface area contributed by atoms with Gasteiger partial charge in [0.1, 0.15) is 11.4 Å². The molecule has 3 aromatic rings. The van der Waals surface area contributed by atoms with E-state index >= 15 is 0 Å². The van der Waals surface area contributed by atoms with Gasteiger partial charge in [-0.05, 0) is 43.5 Å². The van der Waals surface area contributed by atoms with Crippen molar-refractivity contribution in [2.45, 2.75) is 58.0 Å². The molecular weight excluding hydrogens is 414 g/mol. The molecule has 2 N–H and O–H groups in total. The minimum Gasteiger partial charge on any atom is -0.494 e. The highest BCUT2D eigenvalue weighted by Crippen LogP contribution is 2.27. The van der Waals surface area contributed by atoms with Crippen molar-refractivity contribution in [2.24, 2.45) is 5.92 Å². The van der Waals surface area contributed by atoms with Gasteiger partial charge in [-0.3, -0.25) is 0 Å². The van der Waals surface area contributed by atoms with Crippen LogP contribution in [0.5, 0.6) is 5.75 Å². The van der Waals surface area contributed by atoms with Gasteiger partial charge >= 0.3 is 6.03 Å². The summed E-state index contributed by atoms with van der Waals surface area (Å²) in [5.74, 6) is 1.68. The lowest BCUT2D eigenvalue weighted by atomic mass is 9.87. The summed E-state index contributed by atoms with van der Waals surface area (Å²) in [4.78, 5) is 12.2. The molecule has 0 aliphatic heterocycles. The number of carbonyl (C=O) groups excluding carboxylic acids is 1. The van der Waals surface area contributed by atoms with Crippen molar-refractivity contribution < 1.29 is 9.53 Å². The van der Waals surface area contributed by atoms with Crippen molar-refractivity contribution in [2.75, 3.05) is 11.9 Å². The third-order valence-electron chi connectivity index (χ3n) is 6.06. The lowest BCUT2D eigenvalue weighted by Gasteiger charge is -2.21. The fourth-order valence-corrected chi connectivity index (χ4v) is 4.32. The Kier molecular flexibility index (Phi) is 7.95. The third kappa shape index (κ3) is 7.07. The molecule has 7 nitrogen and oxygen atoms in total. The summed E-state index contributed by atoms with van der Waals surface area (Å²) in [6, 6.07) is 17.0. The number of amides is 2. The van der Waals surface area contributed by atoms with Gasteiger partial charge in [0.05, 0.1) is 19.3 Å². The van der Waals surface area contributed by atoms with Crippen LogP contribution in [0.4, 0.5) is 10.5 Å². The van der Waals surface area contributed by atoms with Crippen LogP contribution in [0.3, 0.4) is 0 Å². The highest BCUT2D eigenvalue weighted by atomic mass is 16.5. The fourth-order valence-electron chi connectivity index (χ4n) is 4.32. The first-order valence-electron chi connectivity index (χ1n) is 11.9. The number of para-hydroxylation sites is 1. The number of rotatable bonds is 9. The van der Waals surface area contributed by atoms with E-state index in [1.165, 1.54) is 32.1 Å². The molecular formula is C26H33N5O2. The number of nitrogens with zero attached hydrogens (tertiary/aromatic N) is 3. The van der Waals surface area contributed by atoms with Gasteiger partial charge < -0.3 is 15.4 Å². The molecule has 0 saturated heterocycles.